The zero-order chi connectivity index (χ0) is 17.8. The van der Waals surface area contributed by atoms with Crippen LogP contribution in [0.25, 0.3) is 0 Å². The molecule has 0 heterocycles. The van der Waals surface area contributed by atoms with Crippen LogP contribution < -0.4 is 9.16 Å². The van der Waals surface area contributed by atoms with E-state index in [9.17, 15) is 4.79 Å². The van der Waals surface area contributed by atoms with Crippen molar-refractivity contribution < 1.29 is 14.0 Å². The number of hydrogen-bond acceptors (Lipinski definition) is 3. The molecule has 0 saturated heterocycles. The molecular formula is C19H30O3Si. The normalized spacial score (nSPS) is 11.8. The van der Waals surface area contributed by atoms with Crippen molar-refractivity contribution in [1.82, 2.24) is 0 Å². The highest BCUT2D eigenvalue weighted by atomic mass is 28.4. The zero-order valence-corrected chi connectivity index (χ0v) is 16.7. The molecule has 1 aromatic carbocycles. The summed E-state index contributed by atoms with van der Waals surface area (Å²) in [7, 11) is -0.379. The summed E-state index contributed by atoms with van der Waals surface area (Å²) in [6.07, 6.45) is 3.72. The fourth-order valence-corrected chi connectivity index (χ4v) is 2.94. The largest absolute Gasteiger partial charge is 0.541 e. The molecule has 0 amide bonds. The molecule has 23 heavy (non-hydrogen) atoms. The number of hydrogen-bond donors (Lipinski definition) is 0. The molecule has 0 N–H and O–H groups in total. The Morgan fingerprint density at radius 1 is 1.22 bits per heavy atom. The Bertz CT molecular complexity index is 591. The lowest BCUT2D eigenvalue weighted by Crippen LogP contribution is -2.44. The number of benzene rings is 1. The lowest BCUT2D eigenvalue weighted by Gasteiger charge is -2.37. The summed E-state index contributed by atoms with van der Waals surface area (Å²) in [4.78, 5) is 11.2. The molecule has 1 aromatic rings. The van der Waals surface area contributed by atoms with Gasteiger partial charge in [0.15, 0.2) is 5.75 Å². The minimum atomic E-state index is -2.00. The van der Waals surface area contributed by atoms with Gasteiger partial charge >= 0.3 is 0 Å². The van der Waals surface area contributed by atoms with E-state index in [2.05, 4.69) is 53.8 Å². The zero-order valence-electron chi connectivity index (χ0n) is 15.7. The molecular weight excluding hydrogens is 304 g/mol. The second-order valence-electron chi connectivity index (χ2n) is 7.68. The summed E-state index contributed by atoms with van der Waals surface area (Å²) in [6.45, 7) is 15.2. The predicted molar refractivity (Wildman–Crippen MR) is 99.3 cm³/mol. The molecule has 128 valence electrons. The Balaban J connectivity index is 3.42. The first-order valence-corrected chi connectivity index (χ1v) is 10.9. The summed E-state index contributed by atoms with van der Waals surface area (Å²) in [5.41, 5.74) is 2.85. The molecule has 0 aliphatic rings. The van der Waals surface area contributed by atoms with Crippen LogP contribution in [0.1, 0.15) is 50.5 Å². The van der Waals surface area contributed by atoms with Crippen molar-refractivity contribution >= 4 is 14.6 Å². The van der Waals surface area contributed by atoms with E-state index < -0.39 is 8.32 Å². The quantitative estimate of drug-likeness (QED) is 0.397. The predicted octanol–water partition coefficient (Wildman–Crippen LogP) is 5.40. The van der Waals surface area contributed by atoms with Crippen molar-refractivity contribution in [2.45, 2.75) is 59.2 Å². The van der Waals surface area contributed by atoms with Gasteiger partial charge in [-0.3, -0.25) is 4.79 Å². The molecule has 0 saturated carbocycles. The summed E-state index contributed by atoms with van der Waals surface area (Å²) in [6, 6.07) is 3.65. The van der Waals surface area contributed by atoms with Gasteiger partial charge in [-0.05, 0) is 50.5 Å². The van der Waals surface area contributed by atoms with Crippen molar-refractivity contribution in [3.05, 3.63) is 34.9 Å². The van der Waals surface area contributed by atoms with Crippen LogP contribution in [0, 0.1) is 0 Å². The molecule has 0 fully saturated rings. The highest BCUT2D eigenvalue weighted by molar-refractivity contribution is 6.74. The Morgan fingerprint density at radius 3 is 2.26 bits per heavy atom. The summed E-state index contributed by atoms with van der Waals surface area (Å²) in [5, 5.41) is 0.0924. The number of rotatable bonds is 6. The molecule has 0 bridgehead atoms. The molecule has 0 unspecified atom stereocenters. The van der Waals surface area contributed by atoms with Gasteiger partial charge < -0.3 is 9.16 Å². The Hall–Kier alpha value is -1.55. The highest BCUT2D eigenvalue weighted by Gasteiger charge is 2.40. The lowest BCUT2D eigenvalue weighted by molar-refractivity contribution is 0.112. The number of ether oxygens (including phenoxy) is 1. The van der Waals surface area contributed by atoms with Gasteiger partial charge in [-0.25, -0.2) is 0 Å². The Kier molecular flexibility index (Phi) is 6.23. The molecule has 0 aliphatic heterocycles. The van der Waals surface area contributed by atoms with E-state index in [1.54, 1.807) is 13.2 Å². The standard InChI is InChI=1S/C19H30O3Si/c1-14(2)9-10-16-11-15(13-20)12-17(21-6)18(16)22-23(7,8)19(3,4)5/h9,11-13H,10H2,1-8H3. The maximum atomic E-state index is 11.2. The fraction of sp³-hybridized carbons (Fsp3) is 0.526. The smallest absolute Gasteiger partial charge is 0.250 e. The average molecular weight is 335 g/mol. The van der Waals surface area contributed by atoms with Crippen LogP contribution in [0.2, 0.25) is 18.1 Å². The first-order valence-electron chi connectivity index (χ1n) is 8.00. The van der Waals surface area contributed by atoms with E-state index in [-0.39, 0.29) is 5.04 Å². The van der Waals surface area contributed by atoms with Gasteiger partial charge in [0.25, 0.3) is 8.32 Å². The second kappa shape index (κ2) is 7.34. The SMILES string of the molecule is COc1cc(C=O)cc(CC=C(C)C)c1O[Si](C)(C)C(C)(C)C. The Morgan fingerprint density at radius 2 is 1.83 bits per heavy atom. The average Bonchev–Trinajstić information content (AvgIpc) is 2.44. The third kappa shape index (κ3) is 4.96. The minimum absolute atomic E-state index is 0.0924. The number of carbonyl (C=O) groups excluding carboxylic acids is 1. The molecule has 0 spiro atoms. The van der Waals surface area contributed by atoms with Crippen LogP contribution in [0.15, 0.2) is 23.8 Å². The van der Waals surface area contributed by atoms with Crippen LogP contribution in [-0.2, 0) is 6.42 Å². The van der Waals surface area contributed by atoms with Crippen molar-refractivity contribution in [3.63, 3.8) is 0 Å². The van der Waals surface area contributed by atoms with Gasteiger partial charge in [-0.15, -0.1) is 0 Å². The molecule has 3 nitrogen and oxygen atoms in total. The maximum absolute atomic E-state index is 11.2. The lowest BCUT2D eigenvalue weighted by atomic mass is 10.1. The summed E-state index contributed by atoms with van der Waals surface area (Å²) < 4.78 is 12.0. The van der Waals surface area contributed by atoms with Crippen molar-refractivity contribution in [2.75, 3.05) is 7.11 Å². The van der Waals surface area contributed by atoms with E-state index in [1.165, 1.54) is 5.57 Å². The molecule has 0 aromatic heterocycles. The van der Waals surface area contributed by atoms with Crippen molar-refractivity contribution in [2.24, 2.45) is 0 Å². The van der Waals surface area contributed by atoms with Crippen molar-refractivity contribution in [1.29, 1.82) is 0 Å². The second-order valence-corrected chi connectivity index (χ2v) is 12.4. The molecule has 4 heteroatoms. The van der Waals surface area contributed by atoms with Crippen LogP contribution in [0.4, 0.5) is 0 Å². The fourth-order valence-electron chi connectivity index (χ4n) is 1.89. The van der Waals surface area contributed by atoms with Gasteiger partial charge in [0.2, 0.25) is 0 Å². The van der Waals surface area contributed by atoms with Gasteiger partial charge in [0.05, 0.1) is 7.11 Å². The third-order valence-corrected chi connectivity index (χ3v) is 8.73. The van der Waals surface area contributed by atoms with E-state index in [0.717, 1.165) is 24.0 Å². The Labute approximate surface area is 141 Å². The van der Waals surface area contributed by atoms with E-state index in [1.807, 2.05) is 6.07 Å². The highest BCUT2D eigenvalue weighted by Crippen LogP contribution is 2.42. The van der Waals surface area contributed by atoms with Gasteiger partial charge in [-0.2, -0.15) is 0 Å². The maximum Gasteiger partial charge on any atom is 0.250 e. The third-order valence-electron chi connectivity index (χ3n) is 4.40. The van der Waals surface area contributed by atoms with Crippen LogP contribution >= 0.6 is 0 Å². The molecule has 0 aliphatic carbocycles. The molecule has 0 radical (unpaired) electrons. The molecule has 1 rings (SSSR count). The number of carbonyl (C=O) groups is 1. The van der Waals surface area contributed by atoms with Gasteiger partial charge in [0.1, 0.15) is 12.0 Å². The first-order chi connectivity index (χ1) is 10.5. The number of methoxy groups -OCH3 is 1. The topological polar surface area (TPSA) is 35.5 Å². The van der Waals surface area contributed by atoms with Gasteiger partial charge in [0, 0.05) is 11.1 Å². The van der Waals surface area contributed by atoms with Crippen LogP contribution in [-0.4, -0.2) is 21.7 Å². The molecule has 0 atom stereocenters. The minimum Gasteiger partial charge on any atom is -0.541 e. The van der Waals surface area contributed by atoms with E-state index >= 15 is 0 Å². The first kappa shape index (κ1) is 19.5. The van der Waals surface area contributed by atoms with Gasteiger partial charge in [-0.1, -0.05) is 32.4 Å². The van der Waals surface area contributed by atoms with E-state index in [0.29, 0.717) is 11.3 Å². The van der Waals surface area contributed by atoms with Crippen LogP contribution in [0.5, 0.6) is 11.5 Å². The monoisotopic (exact) mass is 334 g/mol. The van der Waals surface area contributed by atoms with E-state index in [4.69, 9.17) is 9.16 Å². The summed E-state index contributed by atoms with van der Waals surface area (Å²) >= 11 is 0. The number of aldehydes is 1. The van der Waals surface area contributed by atoms with Crippen LogP contribution in [0.3, 0.4) is 0 Å². The van der Waals surface area contributed by atoms with Crippen molar-refractivity contribution in [3.8, 4) is 11.5 Å². The summed E-state index contributed by atoms with van der Waals surface area (Å²) in [5.74, 6) is 1.42. The number of allylic oxidation sites excluding steroid dienone is 2.